The molecule has 1 heterocycles. The van der Waals surface area contributed by atoms with Gasteiger partial charge in [0.1, 0.15) is 29.6 Å². The summed E-state index contributed by atoms with van der Waals surface area (Å²) in [5.74, 6) is -6.28. The van der Waals surface area contributed by atoms with Crippen LogP contribution in [-0.4, -0.2) is 110 Å². The van der Waals surface area contributed by atoms with E-state index in [9.17, 15) is 54.0 Å². The van der Waals surface area contributed by atoms with Gasteiger partial charge in [0.25, 0.3) is 0 Å². The molecule has 0 fully saturated rings. The topological polar surface area (TPSA) is 231 Å². The normalized spacial score (nSPS) is 18.0. The summed E-state index contributed by atoms with van der Waals surface area (Å²) in [6.07, 6.45) is 6.12. The summed E-state index contributed by atoms with van der Waals surface area (Å²) >= 11 is 0. The van der Waals surface area contributed by atoms with Gasteiger partial charge in [-0.1, -0.05) is 64.5 Å². The second-order valence-electron chi connectivity index (χ2n) is 15.0. The van der Waals surface area contributed by atoms with Gasteiger partial charge in [0.15, 0.2) is 11.6 Å². The molecule has 0 aromatic heterocycles. The summed E-state index contributed by atoms with van der Waals surface area (Å²) < 4.78 is 0. The molecule has 15 nitrogen and oxygen atoms in total. The number of unbranched alkanes of at least 4 members (excludes halogenated alkanes) is 6. The molecule has 0 saturated carbocycles. The number of aliphatic hydroxyl groups is 1. The SMILES string of the molecule is CCCCCCCCCC(=O)N(C)[C@H](CO)C(=O)N[C@H](C)C(=O)CCC(=O)N(C)[C@@H]1C(=O)C[C@@H](C)C(=O)N[C@H](C(=O)O)Cc2ccc(O)c(c2)-c2cc1ccc2O. The van der Waals surface area contributed by atoms with Gasteiger partial charge in [-0.25, -0.2) is 4.79 Å². The fourth-order valence-corrected chi connectivity index (χ4v) is 6.87. The van der Waals surface area contributed by atoms with E-state index in [2.05, 4.69) is 17.6 Å². The number of aromatic hydroxyl groups is 2. The molecule has 1 aliphatic heterocycles. The molecule has 6 N–H and O–H groups in total. The molecule has 3 rings (SSSR count). The number of Topliss-reactive ketones (excluding diaryl/α,β-unsaturated/α-hetero) is 2. The van der Waals surface area contributed by atoms with Crippen molar-refractivity contribution in [3.05, 3.63) is 47.5 Å². The Morgan fingerprint density at radius 2 is 1.46 bits per heavy atom. The van der Waals surface area contributed by atoms with Crippen LogP contribution in [0.1, 0.15) is 109 Å². The van der Waals surface area contributed by atoms with Gasteiger partial charge in [-0.15, -0.1) is 0 Å². The van der Waals surface area contributed by atoms with E-state index in [1.807, 2.05) is 0 Å². The maximum absolute atomic E-state index is 14.0. The maximum atomic E-state index is 14.0. The summed E-state index contributed by atoms with van der Waals surface area (Å²) in [7, 11) is 2.78. The van der Waals surface area contributed by atoms with E-state index in [1.165, 1.54) is 75.7 Å². The summed E-state index contributed by atoms with van der Waals surface area (Å²) in [5.41, 5.74) is 0.916. The molecule has 15 heteroatoms. The van der Waals surface area contributed by atoms with E-state index in [0.717, 1.165) is 37.0 Å². The van der Waals surface area contributed by atoms with Gasteiger partial charge in [0.2, 0.25) is 23.6 Å². The number of carboxylic acid groups (broad SMARTS) is 1. The van der Waals surface area contributed by atoms with Crippen LogP contribution >= 0.6 is 0 Å². The summed E-state index contributed by atoms with van der Waals surface area (Å²) in [6.45, 7) is 4.37. The Hall–Kier alpha value is -5.31. The van der Waals surface area contributed by atoms with Crippen molar-refractivity contribution in [3.8, 4) is 22.6 Å². The lowest BCUT2D eigenvalue weighted by molar-refractivity contribution is -0.143. The van der Waals surface area contributed by atoms with Crippen molar-refractivity contribution < 1.29 is 54.0 Å². The smallest absolute Gasteiger partial charge is 0.326 e. The Morgan fingerprint density at radius 1 is 0.842 bits per heavy atom. The van der Waals surface area contributed by atoms with Gasteiger partial charge in [0.05, 0.1) is 12.6 Å². The minimum atomic E-state index is -1.36. The lowest BCUT2D eigenvalue weighted by Crippen LogP contribution is -2.53. The van der Waals surface area contributed by atoms with Gasteiger partial charge < -0.3 is 40.9 Å². The fourth-order valence-electron chi connectivity index (χ4n) is 6.87. The van der Waals surface area contributed by atoms with Gasteiger partial charge >= 0.3 is 5.97 Å². The van der Waals surface area contributed by atoms with Crippen LogP contribution in [-0.2, 0) is 40.0 Å². The van der Waals surface area contributed by atoms with Crippen LogP contribution in [0.4, 0.5) is 0 Å². The second-order valence-corrected chi connectivity index (χ2v) is 15.0. The van der Waals surface area contributed by atoms with Gasteiger partial charge in [-0.05, 0) is 48.7 Å². The van der Waals surface area contributed by atoms with Crippen molar-refractivity contribution in [1.29, 1.82) is 0 Å². The van der Waals surface area contributed by atoms with Crippen molar-refractivity contribution in [2.75, 3.05) is 20.7 Å². The zero-order chi connectivity index (χ0) is 42.4. The first kappa shape index (κ1) is 46.1. The van der Waals surface area contributed by atoms with Crippen LogP contribution in [0.2, 0.25) is 0 Å². The zero-order valence-electron chi connectivity index (χ0n) is 33.6. The monoisotopic (exact) mass is 794 g/mol. The molecular weight excluding hydrogens is 736 g/mol. The van der Waals surface area contributed by atoms with E-state index < -0.39 is 78.4 Å². The fraction of sp³-hybridized carbons (Fsp3) is 0.548. The molecule has 2 aromatic carbocycles. The number of amides is 4. The number of carboxylic acids is 1. The number of benzene rings is 2. The first-order valence-corrected chi connectivity index (χ1v) is 19.7. The molecule has 0 spiro atoms. The van der Waals surface area contributed by atoms with Crippen molar-refractivity contribution in [3.63, 3.8) is 0 Å². The Balaban J connectivity index is 1.75. The molecule has 57 heavy (non-hydrogen) atoms. The number of nitrogens with one attached hydrogen (secondary N) is 2. The minimum Gasteiger partial charge on any atom is -0.507 e. The van der Waals surface area contributed by atoms with Crippen LogP contribution in [0.5, 0.6) is 11.5 Å². The Labute approximate surface area is 333 Å². The third kappa shape index (κ3) is 12.9. The molecule has 5 atom stereocenters. The van der Waals surface area contributed by atoms with Crippen LogP contribution in [0.3, 0.4) is 0 Å². The lowest BCUT2D eigenvalue weighted by Gasteiger charge is -2.30. The predicted octanol–water partition coefficient (Wildman–Crippen LogP) is 3.80. The average Bonchev–Trinajstić information content (AvgIpc) is 3.17. The van der Waals surface area contributed by atoms with Gasteiger partial charge in [-0.2, -0.15) is 0 Å². The van der Waals surface area contributed by atoms with Gasteiger partial charge in [-0.3, -0.25) is 28.8 Å². The van der Waals surface area contributed by atoms with Crippen molar-refractivity contribution in [2.24, 2.45) is 5.92 Å². The number of carbonyl (C=O) groups is 7. The van der Waals surface area contributed by atoms with Crippen LogP contribution in [0.25, 0.3) is 11.1 Å². The summed E-state index contributed by atoms with van der Waals surface area (Å²) in [5, 5.41) is 46.4. The number of rotatable bonds is 18. The molecule has 0 saturated heterocycles. The standard InChI is InChI=1S/C42H58N4O11/c1-6-7-8-9-10-11-12-13-37(52)45(4)32(24-47)41(55)43-26(3)33(48)18-19-38(53)46(5)39-28-15-17-35(50)30(23-28)29-21-27(14-16-34(29)49)22-31(42(56)57)44-40(54)25(2)20-36(39)51/h14-17,21,23,25-26,31-32,39,47,49-50H,6-13,18-20,22,24H2,1-5H3,(H,43,55)(H,44,54)(H,56,57)/t25-,26-,31+,32-,39+/m1/s1. The first-order chi connectivity index (χ1) is 27.0. The number of aliphatic carboxylic acids is 1. The molecule has 4 amide bonds. The van der Waals surface area contributed by atoms with E-state index >= 15 is 0 Å². The number of phenolic OH excluding ortho intramolecular Hbond substituents is 2. The van der Waals surface area contributed by atoms with Crippen LogP contribution in [0.15, 0.2) is 36.4 Å². The Kier molecular flexibility index (Phi) is 17.7. The number of hydrogen-bond acceptors (Lipinski definition) is 10. The molecule has 312 valence electrons. The van der Waals surface area contributed by atoms with E-state index in [0.29, 0.717) is 12.0 Å². The van der Waals surface area contributed by atoms with Crippen LogP contribution < -0.4 is 10.6 Å². The maximum Gasteiger partial charge on any atom is 0.326 e. The minimum absolute atomic E-state index is 0.109. The van der Waals surface area contributed by atoms with E-state index in [1.54, 1.807) is 0 Å². The zero-order valence-corrected chi connectivity index (χ0v) is 33.6. The quantitative estimate of drug-likeness (QED) is 0.119. The summed E-state index contributed by atoms with van der Waals surface area (Å²) in [6, 6.07) is 3.47. The predicted molar refractivity (Wildman–Crippen MR) is 211 cm³/mol. The largest absolute Gasteiger partial charge is 0.507 e. The first-order valence-electron chi connectivity index (χ1n) is 19.7. The highest BCUT2D eigenvalue weighted by molar-refractivity contribution is 5.96. The lowest BCUT2D eigenvalue weighted by atomic mass is 9.89. The van der Waals surface area contributed by atoms with Gasteiger partial charge in [0, 0.05) is 63.2 Å². The molecule has 1 aliphatic rings. The molecule has 4 bridgehead atoms. The molecule has 0 aliphatic carbocycles. The number of likely N-dealkylation sites (N-methyl/N-ethyl adjacent to an activating group) is 2. The highest BCUT2D eigenvalue weighted by Gasteiger charge is 2.34. The summed E-state index contributed by atoms with van der Waals surface area (Å²) in [4.78, 5) is 94.1. The third-order valence-electron chi connectivity index (χ3n) is 10.5. The molecule has 0 radical (unpaired) electrons. The highest BCUT2D eigenvalue weighted by Crippen LogP contribution is 2.39. The third-order valence-corrected chi connectivity index (χ3v) is 10.5. The number of nitrogens with zero attached hydrogens (tertiary/aromatic N) is 2. The number of fused-ring (bicyclic) bond motifs is 5. The number of hydrogen-bond donors (Lipinski definition) is 6. The molecular formula is C42H58N4O11. The average molecular weight is 795 g/mol. The molecule has 2 aromatic rings. The van der Waals surface area contributed by atoms with Crippen LogP contribution in [0, 0.1) is 5.92 Å². The number of carbonyl (C=O) groups excluding carboxylic acids is 6. The van der Waals surface area contributed by atoms with Crippen molar-refractivity contribution in [1.82, 2.24) is 20.4 Å². The van der Waals surface area contributed by atoms with Crippen molar-refractivity contribution in [2.45, 2.75) is 122 Å². The molecule has 0 unspecified atom stereocenters. The number of ketones is 2. The van der Waals surface area contributed by atoms with E-state index in [-0.39, 0.29) is 59.8 Å². The second kappa shape index (κ2) is 21.8. The highest BCUT2D eigenvalue weighted by atomic mass is 16.4. The Morgan fingerprint density at radius 3 is 2.09 bits per heavy atom. The van der Waals surface area contributed by atoms with E-state index in [4.69, 9.17) is 0 Å². The number of aliphatic hydroxyl groups excluding tert-OH is 1. The van der Waals surface area contributed by atoms with Crippen molar-refractivity contribution >= 4 is 41.2 Å². The number of phenols is 2. The Bertz CT molecular complexity index is 1780.